The molecule has 0 aliphatic carbocycles. The average molecular weight is 315 g/mol. The summed E-state index contributed by atoms with van der Waals surface area (Å²) in [7, 11) is -3.64. The summed E-state index contributed by atoms with van der Waals surface area (Å²) in [5.74, 6) is 0.680. The van der Waals surface area contributed by atoms with E-state index in [0.29, 0.717) is 11.4 Å². The van der Waals surface area contributed by atoms with E-state index >= 15 is 0 Å². The van der Waals surface area contributed by atoms with Crippen LogP contribution in [0.4, 0.5) is 11.5 Å². The van der Waals surface area contributed by atoms with Crippen molar-refractivity contribution in [2.75, 3.05) is 10.5 Å². The highest BCUT2D eigenvalue weighted by atomic mass is 32.2. The zero-order valence-electron chi connectivity index (χ0n) is 10.7. The van der Waals surface area contributed by atoms with Gasteiger partial charge in [0.2, 0.25) is 0 Å². The number of nitrogens with one attached hydrogen (secondary N) is 1. The Labute approximate surface area is 119 Å². The fourth-order valence-electron chi connectivity index (χ4n) is 1.26. The summed E-state index contributed by atoms with van der Waals surface area (Å²) in [6.45, 7) is 1.67. The van der Waals surface area contributed by atoms with E-state index in [9.17, 15) is 8.42 Å². The monoisotopic (exact) mass is 315 g/mol. The fraction of sp³-hybridized carbons (Fsp3) is 0.100. The minimum absolute atomic E-state index is 0.118. The van der Waals surface area contributed by atoms with Crippen molar-refractivity contribution in [3.63, 3.8) is 0 Å². The van der Waals surface area contributed by atoms with Crippen molar-refractivity contribution >= 4 is 21.5 Å². The van der Waals surface area contributed by atoms with E-state index in [-0.39, 0.29) is 10.7 Å². The lowest BCUT2D eigenvalue weighted by molar-refractivity contribution is -0.402. The third-order valence-electron chi connectivity index (χ3n) is 2.06. The Bertz CT molecular complexity index is 705. The molecule has 2 rings (SSSR count). The summed E-state index contributed by atoms with van der Waals surface area (Å²) in [4.78, 5) is 8.37. The molecule has 0 saturated heterocycles. The third kappa shape index (κ3) is 5.36. The van der Waals surface area contributed by atoms with Gasteiger partial charge in [0, 0.05) is 11.8 Å². The molecule has 0 aliphatic heterocycles. The van der Waals surface area contributed by atoms with Gasteiger partial charge >= 0.3 is 0 Å². The van der Waals surface area contributed by atoms with Crippen LogP contribution in [0.2, 0.25) is 0 Å². The number of nitrogen functional groups attached to an aromatic ring is 1. The summed E-state index contributed by atoms with van der Waals surface area (Å²) >= 11 is 0. The van der Waals surface area contributed by atoms with Crippen molar-refractivity contribution in [1.29, 1.82) is 0 Å². The molecular weight excluding hydrogens is 304 g/mol. The third-order valence-corrected chi connectivity index (χ3v) is 3.43. The molecule has 2 aromatic rings. The van der Waals surface area contributed by atoms with Crippen LogP contribution in [0, 0.1) is 22.2 Å². The van der Waals surface area contributed by atoms with Crippen LogP contribution in [-0.4, -0.2) is 18.7 Å². The Morgan fingerprint density at radius 3 is 2.24 bits per heavy atom. The average Bonchev–Trinajstić information content (AvgIpc) is 2.73. The number of hydrogen-bond acceptors (Lipinski definition) is 8. The zero-order chi connectivity index (χ0) is 16.0. The van der Waals surface area contributed by atoms with Crippen molar-refractivity contribution in [1.82, 2.24) is 5.16 Å². The molecule has 10 nitrogen and oxygen atoms in total. The number of hydrogen-bond donors (Lipinski definition) is 2. The standard InChI is InChI=1S/C10H11N3O3S.NO3/c1-7-6-10(12-16-7)13-17(14,15)9-4-2-8(11)3-5-9;2-1(3)4/h2-6H,11H2,1H3,(H,12,13);/q;-1. The van der Waals surface area contributed by atoms with Gasteiger partial charge in [-0.15, -0.1) is 0 Å². The fourth-order valence-corrected chi connectivity index (χ4v) is 2.24. The molecule has 0 fully saturated rings. The van der Waals surface area contributed by atoms with Gasteiger partial charge in [-0.05, 0) is 31.2 Å². The summed E-state index contributed by atoms with van der Waals surface area (Å²) in [6, 6.07) is 7.37. The number of rotatable bonds is 3. The molecule has 0 amide bonds. The van der Waals surface area contributed by atoms with Gasteiger partial charge in [0.25, 0.3) is 10.0 Å². The second-order valence-corrected chi connectivity index (χ2v) is 5.40. The molecule has 0 bridgehead atoms. The van der Waals surface area contributed by atoms with Crippen LogP contribution in [0.25, 0.3) is 0 Å². The van der Waals surface area contributed by atoms with Crippen LogP contribution in [0.5, 0.6) is 0 Å². The lowest BCUT2D eigenvalue weighted by atomic mass is 10.3. The van der Waals surface area contributed by atoms with Crippen LogP contribution in [0.15, 0.2) is 39.8 Å². The number of aromatic nitrogens is 1. The van der Waals surface area contributed by atoms with E-state index in [2.05, 4.69) is 9.88 Å². The summed E-state index contributed by atoms with van der Waals surface area (Å²) in [5.41, 5.74) is 5.98. The molecule has 1 aromatic carbocycles. The van der Waals surface area contributed by atoms with Gasteiger partial charge in [0.15, 0.2) is 5.82 Å². The maximum absolute atomic E-state index is 11.9. The van der Waals surface area contributed by atoms with Gasteiger partial charge in [0.05, 0.1) is 9.98 Å². The molecule has 0 saturated carbocycles. The van der Waals surface area contributed by atoms with E-state index < -0.39 is 15.1 Å². The van der Waals surface area contributed by atoms with Crippen LogP contribution in [0.1, 0.15) is 5.76 Å². The van der Waals surface area contributed by atoms with Crippen LogP contribution in [0.3, 0.4) is 0 Å². The minimum Gasteiger partial charge on any atom is -0.399 e. The highest BCUT2D eigenvalue weighted by Gasteiger charge is 2.15. The maximum atomic E-state index is 11.9. The molecule has 0 atom stereocenters. The van der Waals surface area contributed by atoms with Crippen LogP contribution in [-0.2, 0) is 10.0 Å². The van der Waals surface area contributed by atoms with E-state index in [1.165, 1.54) is 30.3 Å². The number of sulfonamides is 1. The molecular formula is C10H11N4O6S-. The number of benzene rings is 1. The highest BCUT2D eigenvalue weighted by molar-refractivity contribution is 7.92. The first kappa shape index (κ1) is 16.2. The number of nitrogens with two attached hydrogens (primary N) is 1. The van der Waals surface area contributed by atoms with Gasteiger partial charge in [-0.3, -0.25) is 4.72 Å². The second kappa shape index (κ2) is 6.56. The van der Waals surface area contributed by atoms with E-state index in [4.69, 9.17) is 25.6 Å². The van der Waals surface area contributed by atoms with Crippen molar-refractivity contribution < 1.29 is 18.0 Å². The Morgan fingerprint density at radius 1 is 1.29 bits per heavy atom. The second-order valence-electron chi connectivity index (χ2n) is 3.72. The van der Waals surface area contributed by atoms with Gasteiger partial charge in [-0.25, -0.2) is 8.42 Å². The molecule has 1 heterocycles. The lowest BCUT2D eigenvalue weighted by Gasteiger charge is -2.04. The summed E-state index contributed by atoms with van der Waals surface area (Å²) in [6.07, 6.45) is 0. The van der Waals surface area contributed by atoms with Crippen LogP contribution >= 0.6 is 0 Å². The Kier molecular flexibility index (Phi) is 5.07. The Morgan fingerprint density at radius 2 is 1.81 bits per heavy atom. The quantitative estimate of drug-likeness (QED) is 0.483. The predicted molar refractivity (Wildman–Crippen MR) is 73.3 cm³/mol. The van der Waals surface area contributed by atoms with Gasteiger partial charge in [-0.2, -0.15) is 0 Å². The molecule has 1 aromatic heterocycles. The zero-order valence-corrected chi connectivity index (χ0v) is 11.5. The largest absolute Gasteiger partial charge is 0.399 e. The van der Waals surface area contributed by atoms with E-state index in [1.54, 1.807) is 6.92 Å². The molecule has 11 heteroatoms. The van der Waals surface area contributed by atoms with Crippen molar-refractivity contribution in [3.05, 3.63) is 51.4 Å². The number of aryl methyl sites for hydroxylation is 1. The maximum Gasteiger partial charge on any atom is 0.263 e. The molecule has 3 N–H and O–H groups in total. The molecule has 21 heavy (non-hydrogen) atoms. The predicted octanol–water partition coefficient (Wildman–Crippen LogP) is 1.13. The van der Waals surface area contributed by atoms with E-state index in [0.717, 1.165) is 0 Å². The van der Waals surface area contributed by atoms with Gasteiger partial charge in [-0.1, -0.05) is 5.16 Å². The van der Waals surface area contributed by atoms with Crippen LogP contribution < -0.4 is 10.5 Å². The molecule has 0 radical (unpaired) electrons. The summed E-state index contributed by atoms with van der Waals surface area (Å²) < 4.78 is 30.8. The first-order chi connectivity index (χ1) is 9.70. The SMILES string of the molecule is Cc1cc(NS(=O)(=O)c2ccc(N)cc2)no1.O=[N+]([O-])[O-]. The molecule has 0 unspecified atom stereocenters. The van der Waals surface area contributed by atoms with E-state index in [1.807, 2.05) is 0 Å². The molecule has 0 spiro atoms. The topological polar surface area (TPSA) is 164 Å². The number of nitrogens with zero attached hydrogens (tertiary/aromatic N) is 2. The first-order valence-electron chi connectivity index (χ1n) is 5.34. The minimum atomic E-state index is -3.64. The highest BCUT2D eigenvalue weighted by Crippen LogP contribution is 2.16. The van der Waals surface area contributed by atoms with Crippen molar-refractivity contribution in [3.8, 4) is 0 Å². The smallest absolute Gasteiger partial charge is 0.263 e. The van der Waals surface area contributed by atoms with Crippen molar-refractivity contribution in [2.24, 2.45) is 0 Å². The Hall–Kier alpha value is -2.82. The molecule has 114 valence electrons. The van der Waals surface area contributed by atoms with Crippen molar-refractivity contribution in [2.45, 2.75) is 11.8 Å². The summed E-state index contributed by atoms with van der Waals surface area (Å²) in [5, 5.41) is 18.3. The first-order valence-corrected chi connectivity index (χ1v) is 6.82. The van der Waals surface area contributed by atoms with Gasteiger partial charge in [0.1, 0.15) is 5.76 Å². The normalized spacial score (nSPS) is 10.3. The van der Waals surface area contributed by atoms with Gasteiger partial charge < -0.3 is 25.6 Å². The number of anilines is 2. The molecule has 0 aliphatic rings. The Balaban J connectivity index is 0.000000491. The lowest BCUT2D eigenvalue weighted by Crippen LogP contribution is -2.13.